The van der Waals surface area contributed by atoms with Gasteiger partial charge in [-0.25, -0.2) is 4.79 Å². The first-order chi connectivity index (χ1) is 15.7. The van der Waals surface area contributed by atoms with Gasteiger partial charge in [0.2, 0.25) is 0 Å². The summed E-state index contributed by atoms with van der Waals surface area (Å²) in [7, 11) is 0. The summed E-state index contributed by atoms with van der Waals surface area (Å²) in [6.45, 7) is 8.10. The predicted octanol–water partition coefficient (Wildman–Crippen LogP) is 4.04. The van der Waals surface area contributed by atoms with Crippen molar-refractivity contribution in [1.29, 1.82) is 0 Å². The number of carbonyl (C=O) groups excluding carboxylic acids is 2. The highest BCUT2D eigenvalue weighted by atomic mass is 16.5. The zero-order chi connectivity index (χ0) is 23.8. The van der Waals surface area contributed by atoms with Crippen molar-refractivity contribution in [3.63, 3.8) is 0 Å². The van der Waals surface area contributed by atoms with Crippen molar-refractivity contribution in [2.24, 2.45) is 0 Å². The van der Waals surface area contributed by atoms with Crippen LogP contribution in [0.2, 0.25) is 0 Å². The number of rotatable bonds is 9. The van der Waals surface area contributed by atoms with Crippen LogP contribution < -0.4 is 10.1 Å². The number of nitrogens with zero attached hydrogens (tertiary/aromatic N) is 4. The summed E-state index contributed by atoms with van der Waals surface area (Å²) in [5.41, 5.74) is 1.94. The molecule has 0 saturated carbocycles. The Balaban J connectivity index is 1.53. The van der Waals surface area contributed by atoms with Gasteiger partial charge in [0, 0.05) is 0 Å². The van der Waals surface area contributed by atoms with Gasteiger partial charge < -0.3 is 14.8 Å². The van der Waals surface area contributed by atoms with Crippen molar-refractivity contribution in [3.8, 4) is 11.8 Å². The lowest BCUT2D eigenvalue weighted by Crippen LogP contribution is -2.42. The highest BCUT2D eigenvalue weighted by Crippen LogP contribution is 2.27. The van der Waals surface area contributed by atoms with Crippen LogP contribution in [0.4, 0.5) is 4.79 Å². The average Bonchev–Trinajstić information content (AvgIpc) is 3.22. The van der Waals surface area contributed by atoms with E-state index < -0.39 is 12.1 Å². The van der Waals surface area contributed by atoms with E-state index in [1.54, 1.807) is 13.0 Å². The molecule has 9 nitrogen and oxygen atoms in total. The molecule has 1 N–H and O–H groups in total. The lowest BCUT2D eigenvalue weighted by atomic mass is 9.87. The fraction of sp³-hybridized carbons (Fsp3) is 0.375. The van der Waals surface area contributed by atoms with E-state index in [9.17, 15) is 9.59 Å². The van der Waals surface area contributed by atoms with Gasteiger partial charge in [-0.3, -0.25) is 4.79 Å². The summed E-state index contributed by atoms with van der Waals surface area (Å²) in [4.78, 5) is 25.9. The summed E-state index contributed by atoms with van der Waals surface area (Å²) in [5, 5.41) is 14.5. The van der Waals surface area contributed by atoms with Gasteiger partial charge in [-0.1, -0.05) is 80.4 Å². The van der Waals surface area contributed by atoms with E-state index in [1.807, 2.05) is 48.5 Å². The fourth-order valence-corrected chi connectivity index (χ4v) is 3.03. The van der Waals surface area contributed by atoms with Gasteiger partial charge in [0.15, 0.2) is 5.78 Å². The molecule has 0 fully saturated rings. The summed E-state index contributed by atoms with van der Waals surface area (Å²) in [6, 6.07) is 16.3. The minimum absolute atomic E-state index is 0.0266. The van der Waals surface area contributed by atoms with Gasteiger partial charge in [-0.15, -0.1) is 0 Å². The molecule has 0 aliphatic carbocycles. The first kappa shape index (κ1) is 23.9. The molecule has 33 heavy (non-hydrogen) atoms. The third-order valence-electron chi connectivity index (χ3n) is 4.94. The van der Waals surface area contributed by atoms with Gasteiger partial charge in [-0.05, 0) is 40.3 Å². The highest BCUT2D eigenvalue weighted by Gasteiger charge is 2.21. The zero-order valence-electron chi connectivity index (χ0n) is 19.3. The van der Waals surface area contributed by atoms with E-state index in [0.29, 0.717) is 12.2 Å². The Hall–Kier alpha value is -3.75. The summed E-state index contributed by atoms with van der Waals surface area (Å²) in [5.74, 6) is 0.315. The Labute approximate surface area is 193 Å². The molecule has 2 aromatic carbocycles. The maximum Gasteiger partial charge on any atom is 0.408 e. The molecule has 3 rings (SSSR count). The number of carbonyl (C=O) groups is 2. The van der Waals surface area contributed by atoms with Gasteiger partial charge in [0.25, 0.3) is 0 Å². The lowest BCUT2D eigenvalue weighted by Gasteiger charge is -2.19. The summed E-state index contributed by atoms with van der Waals surface area (Å²) in [6.07, 6.45) is -0.259. The third-order valence-corrected chi connectivity index (χ3v) is 4.94. The number of amides is 1. The molecule has 3 aromatic rings. The Bertz CT molecular complexity index is 1080. The molecule has 1 unspecified atom stereocenters. The van der Waals surface area contributed by atoms with Gasteiger partial charge in [-0.2, -0.15) is 4.80 Å². The van der Waals surface area contributed by atoms with Crippen molar-refractivity contribution >= 4 is 11.9 Å². The molecular weight excluding hydrogens is 422 g/mol. The zero-order valence-corrected chi connectivity index (χ0v) is 19.3. The van der Waals surface area contributed by atoms with E-state index in [4.69, 9.17) is 9.47 Å². The molecule has 0 radical (unpaired) electrons. The number of ketones is 1. The number of nitrogens with one attached hydrogen (secondary N) is 1. The number of hydrogen-bond acceptors (Lipinski definition) is 7. The molecule has 0 aliphatic heterocycles. The number of benzene rings is 2. The molecule has 0 saturated heterocycles. The van der Waals surface area contributed by atoms with Crippen LogP contribution in [0.15, 0.2) is 54.6 Å². The molecule has 1 heterocycles. The Kier molecular flexibility index (Phi) is 7.76. The van der Waals surface area contributed by atoms with Crippen LogP contribution in [0.1, 0.15) is 45.2 Å². The molecule has 1 atom stereocenters. The van der Waals surface area contributed by atoms with Crippen molar-refractivity contribution in [1.82, 2.24) is 25.5 Å². The van der Waals surface area contributed by atoms with Crippen LogP contribution >= 0.6 is 0 Å². The summed E-state index contributed by atoms with van der Waals surface area (Å²) >= 11 is 0. The molecule has 1 amide bonds. The van der Waals surface area contributed by atoms with Gasteiger partial charge in [0.1, 0.15) is 18.9 Å². The standard InChI is InChI=1S/C24H29N5O4/c1-5-20(25-23(31)32-16-17-10-7-6-8-11-17)21(30)15-29-27-22(26-28-29)33-19-13-9-12-18(14-19)24(2,3)4/h6-14,20H,5,15-16H2,1-4H3,(H,25,31). The van der Waals surface area contributed by atoms with Crippen LogP contribution in [0.3, 0.4) is 0 Å². The smallest absolute Gasteiger partial charge is 0.408 e. The monoisotopic (exact) mass is 451 g/mol. The van der Waals surface area contributed by atoms with E-state index in [-0.39, 0.29) is 30.4 Å². The number of alkyl carbamates (subject to hydrolysis) is 1. The van der Waals surface area contributed by atoms with Crippen molar-refractivity contribution < 1.29 is 19.1 Å². The second kappa shape index (κ2) is 10.7. The number of ether oxygens (including phenoxy) is 2. The first-order valence-electron chi connectivity index (χ1n) is 10.8. The third kappa shape index (κ3) is 7.13. The molecule has 174 valence electrons. The van der Waals surface area contributed by atoms with E-state index in [1.165, 1.54) is 0 Å². The summed E-state index contributed by atoms with van der Waals surface area (Å²) < 4.78 is 10.9. The highest BCUT2D eigenvalue weighted by molar-refractivity contribution is 5.87. The number of Topliss-reactive ketones (excluding diaryl/α,β-unsaturated/α-hetero) is 1. The number of aromatic nitrogens is 4. The second-order valence-electron chi connectivity index (χ2n) is 8.62. The largest absolute Gasteiger partial charge is 0.445 e. The number of tetrazole rings is 1. The Morgan fingerprint density at radius 3 is 2.55 bits per heavy atom. The van der Waals surface area contributed by atoms with E-state index in [2.05, 4.69) is 41.5 Å². The normalized spacial score (nSPS) is 12.1. The SMILES string of the molecule is CCC(NC(=O)OCc1ccccc1)C(=O)Cn1nnc(Oc2cccc(C(C)(C)C)c2)n1. The Morgan fingerprint density at radius 2 is 1.85 bits per heavy atom. The van der Waals surface area contributed by atoms with Crippen LogP contribution in [0.5, 0.6) is 11.8 Å². The molecular formula is C24H29N5O4. The van der Waals surface area contributed by atoms with Gasteiger partial charge >= 0.3 is 12.1 Å². The predicted molar refractivity (Wildman–Crippen MR) is 122 cm³/mol. The minimum Gasteiger partial charge on any atom is -0.445 e. The number of hydrogen-bond donors (Lipinski definition) is 1. The van der Waals surface area contributed by atoms with Crippen molar-refractivity contribution in [2.75, 3.05) is 0 Å². The molecule has 0 bridgehead atoms. The molecule has 0 aliphatic rings. The van der Waals surface area contributed by atoms with Crippen molar-refractivity contribution in [2.45, 2.75) is 58.7 Å². The fourth-order valence-electron chi connectivity index (χ4n) is 3.03. The van der Waals surface area contributed by atoms with E-state index >= 15 is 0 Å². The lowest BCUT2D eigenvalue weighted by molar-refractivity contribution is -0.122. The second-order valence-corrected chi connectivity index (χ2v) is 8.62. The maximum absolute atomic E-state index is 12.6. The van der Waals surface area contributed by atoms with Crippen LogP contribution in [0, 0.1) is 0 Å². The minimum atomic E-state index is -0.730. The Morgan fingerprint density at radius 1 is 1.09 bits per heavy atom. The van der Waals surface area contributed by atoms with Crippen LogP contribution in [0.25, 0.3) is 0 Å². The van der Waals surface area contributed by atoms with Gasteiger partial charge in [0.05, 0.1) is 6.04 Å². The molecule has 9 heteroatoms. The molecule has 1 aromatic heterocycles. The first-order valence-corrected chi connectivity index (χ1v) is 10.8. The van der Waals surface area contributed by atoms with E-state index in [0.717, 1.165) is 15.9 Å². The topological polar surface area (TPSA) is 108 Å². The van der Waals surface area contributed by atoms with Crippen LogP contribution in [-0.2, 0) is 28.1 Å². The quantitative estimate of drug-likeness (QED) is 0.523. The maximum atomic E-state index is 12.6. The average molecular weight is 452 g/mol. The van der Waals surface area contributed by atoms with Crippen molar-refractivity contribution in [3.05, 3.63) is 65.7 Å². The van der Waals surface area contributed by atoms with Crippen LogP contribution in [-0.4, -0.2) is 38.1 Å². The molecule has 0 spiro atoms.